The molecule has 0 bridgehead atoms. The van der Waals surface area contributed by atoms with E-state index in [2.05, 4.69) is 64.6 Å². The van der Waals surface area contributed by atoms with Crippen molar-refractivity contribution >= 4 is 0 Å². The molecule has 300 valence electrons. The molecule has 2 unspecified atom stereocenters. The summed E-state index contributed by atoms with van der Waals surface area (Å²) in [5, 5.41) is 0. The molecule has 0 saturated heterocycles. The number of hydrogen-bond donors (Lipinski definition) is 0. The molecule has 2 aliphatic rings. The van der Waals surface area contributed by atoms with Crippen LogP contribution < -0.4 is 85.8 Å². The van der Waals surface area contributed by atoms with Crippen LogP contribution in [0.25, 0.3) is 0 Å². The summed E-state index contributed by atoms with van der Waals surface area (Å²) in [6, 6.07) is 19.1. The molecule has 55 heavy (non-hydrogen) atoms. The molecule has 0 saturated carbocycles. The molecule has 0 aromatic heterocycles. The number of fused-ring (bicyclic) bond motifs is 2. The molecular formula is C43H56I2N2O8. The first-order chi connectivity index (χ1) is 25.4. The molecule has 0 fully saturated rings. The molecule has 10 nitrogen and oxygen atoms in total. The van der Waals surface area contributed by atoms with Gasteiger partial charge < -0.3 is 94.8 Å². The van der Waals surface area contributed by atoms with Crippen LogP contribution >= 0.6 is 0 Å². The molecule has 6 rings (SSSR count). The van der Waals surface area contributed by atoms with Gasteiger partial charge in [0.25, 0.3) is 0 Å². The second-order valence-corrected chi connectivity index (χ2v) is 15.2. The summed E-state index contributed by atoms with van der Waals surface area (Å²) in [5.74, 6) is 6.19. The van der Waals surface area contributed by atoms with E-state index in [0.29, 0.717) is 35.2 Å². The van der Waals surface area contributed by atoms with Crippen molar-refractivity contribution in [3.05, 3.63) is 88.0 Å². The average molecular weight is 983 g/mol. The number of rotatable bonds is 13. The molecular weight excluding hydrogens is 926 g/mol. The third kappa shape index (κ3) is 8.97. The zero-order valence-corrected chi connectivity index (χ0v) is 38.3. The van der Waals surface area contributed by atoms with Crippen LogP contribution in [0.1, 0.15) is 45.5 Å². The van der Waals surface area contributed by atoms with Crippen LogP contribution in [0.4, 0.5) is 0 Å². The van der Waals surface area contributed by atoms with Crippen LogP contribution in [0.2, 0.25) is 0 Å². The molecule has 0 N–H and O–H groups in total. The van der Waals surface area contributed by atoms with Crippen molar-refractivity contribution in [3.8, 4) is 51.7 Å². The first kappa shape index (κ1) is 44.4. The van der Waals surface area contributed by atoms with Crippen LogP contribution in [-0.4, -0.2) is 100 Å². The summed E-state index contributed by atoms with van der Waals surface area (Å²) in [4.78, 5) is 0. The zero-order chi connectivity index (χ0) is 38.1. The van der Waals surface area contributed by atoms with E-state index in [4.69, 9.17) is 37.9 Å². The molecule has 0 spiro atoms. The summed E-state index contributed by atoms with van der Waals surface area (Å²) < 4.78 is 48.9. The number of nitrogens with zero attached hydrogens (tertiary/aromatic N) is 2. The lowest BCUT2D eigenvalue weighted by atomic mass is 9.86. The van der Waals surface area contributed by atoms with Gasteiger partial charge >= 0.3 is 0 Å². The molecule has 4 aromatic rings. The standard InChI is InChI=1S/C43H56N2O8.2HI/c1-44(2)16-14-28-21-37(47-6)40(50-9)24-31(28)33(44)18-27-12-13-35(46-5)43(19-27)53-36-26-42(52-11)39(49-8)23-30(36)20-34-32-25-41(51-10)38(48-7)22-29(32)15-17-45(34,3)4;;/h12-13,19,21-26,33-34H,14-18,20H2,1-11H3;2*1H/q+2;;/p-2. The Morgan fingerprint density at radius 1 is 0.455 bits per heavy atom. The molecule has 12 heteroatoms. The summed E-state index contributed by atoms with van der Waals surface area (Å²) in [7, 11) is 20.9. The van der Waals surface area contributed by atoms with Gasteiger partial charge in [0, 0.05) is 48.4 Å². The van der Waals surface area contributed by atoms with Crippen molar-refractivity contribution in [1.82, 2.24) is 0 Å². The van der Waals surface area contributed by atoms with Crippen molar-refractivity contribution < 1.29 is 94.8 Å². The summed E-state index contributed by atoms with van der Waals surface area (Å²) >= 11 is 0. The Morgan fingerprint density at radius 3 is 1.35 bits per heavy atom. The van der Waals surface area contributed by atoms with Gasteiger partial charge in [-0.05, 0) is 59.2 Å². The van der Waals surface area contributed by atoms with E-state index in [1.807, 2.05) is 18.2 Å². The van der Waals surface area contributed by atoms with Gasteiger partial charge in [-0.2, -0.15) is 0 Å². The van der Waals surface area contributed by atoms with Crippen LogP contribution in [0.15, 0.2) is 54.6 Å². The van der Waals surface area contributed by atoms with Gasteiger partial charge in [0.2, 0.25) is 0 Å². The number of quaternary nitrogens is 2. The quantitative estimate of drug-likeness (QED) is 0.147. The molecule has 0 radical (unpaired) electrons. The van der Waals surface area contributed by atoms with E-state index >= 15 is 0 Å². The number of benzene rings is 4. The third-order valence-electron chi connectivity index (χ3n) is 11.5. The molecule has 2 atom stereocenters. The lowest BCUT2D eigenvalue weighted by Gasteiger charge is -2.43. The van der Waals surface area contributed by atoms with E-state index in [1.165, 1.54) is 22.3 Å². The topological polar surface area (TPSA) is 73.8 Å². The van der Waals surface area contributed by atoms with Gasteiger partial charge in [-0.25, -0.2) is 0 Å². The maximum absolute atomic E-state index is 6.92. The summed E-state index contributed by atoms with van der Waals surface area (Å²) in [5.41, 5.74) is 7.22. The third-order valence-corrected chi connectivity index (χ3v) is 11.5. The minimum atomic E-state index is 0. The Labute approximate surface area is 361 Å². The summed E-state index contributed by atoms with van der Waals surface area (Å²) in [6.45, 7) is 1.99. The first-order valence-corrected chi connectivity index (χ1v) is 18.1. The highest BCUT2D eigenvalue weighted by atomic mass is 127. The van der Waals surface area contributed by atoms with E-state index in [0.717, 1.165) is 75.4 Å². The number of methoxy groups -OCH3 is 7. The van der Waals surface area contributed by atoms with Crippen LogP contribution in [0.3, 0.4) is 0 Å². The largest absolute Gasteiger partial charge is 1.00 e. The SMILES string of the molecule is COc1cc(CC2c3cc(OC)c(OC)cc3CC[N+]2(C)C)c(Oc2cc(CC3c4cc(OC)c(OC)cc4CC[N+]3(C)C)ccc2OC)cc1OC.[I-].[I-]. The number of likely N-dealkylation sites (N-methyl/N-ethyl adjacent to an activating group) is 2. The predicted molar refractivity (Wildman–Crippen MR) is 206 cm³/mol. The van der Waals surface area contributed by atoms with Gasteiger partial charge in [0.1, 0.15) is 17.8 Å². The predicted octanol–water partition coefficient (Wildman–Crippen LogP) is 1.38. The molecule has 2 heterocycles. The first-order valence-electron chi connectivity index (χ1n) is 18.1. The normalized spacial score (nSPS) is 17.6. The smallest absolute Gasteiger partial charge is 0.169 e. The van der Waals surface area contributed by atoms with Crippen LogP contribution in [0, 0.1) is 0 Å². The second kappa shape index (κ2) is 18.3. The zero-order valence-electron chi connectivity index (χ0n) is 34.0. The van der Waals surface area contributed by atoms with Crippen molar-refractivity contribution in [2.45, 2.75) is 37.8 Å². The Bertz CT molecular complexity index is 1970. The number of halogens is 2. The van der Waals surface area contributed by atoms with Gasteiger partial charge in [0.05, 0.1) is 91.0 Å². The number of ether oxygens (including phenoxy) is 8. The Balaban J connectivity index is 0.00000336. The van der Waals surface area contributed by atoms with Crippen LogP contribution in [0.5, 0.6) is 51.7 Å². The Kier molecular flexibility index (Phi) is 14.8. The Hall–Kier alpha value is -3.34. The Morgan fingerprint density at radius 2 is 0.873 bits per heavy atom. The van der Waals surface area contributed by atoms with Gasteiger partial charge in [-0.3, -0.25) is 0 Å². The lowest BCUT2D eigenvalue weighted by molar-refractivity contribution is -0.923. The van der Waals surface area contributed by atoms with Gasteiger partial charge in [-0.1, -0.05) is 6.07 Å². The number of hydrogen-bond acceptors (Lipinski definition) is 8. The van der Waals surface area contributed by atoms with Gasteiger partial charge in [0.15, 0.2) is 46.0 Å². The van der Waals surface area contributed by atoms with E-state index in [9.17, 15) is 0 Å². The maximum Gasteiger partial charge on any atom is 0.169 e. The van der Waals surface area contributed by atoms with Crippen molar-refractivity contribution in [3.63, 3.8) is 0 Å². The van der Waals surface area contributed by atoms with E-state index in [-0.39, 0.29) is 60.0 Å². The highest BCUT2D eigenvalue weighted by molar-refractivity contribution is 5.56. The highest BCUT2D eigenvalue weighted by Crippen LogP contribution is 2.47. The van der Waals surface area contributed by atoms with Crippen molar-refractivity contribution in [1.29, 1.82) is 0 Å². The fourth-order valence-electron chi connectivity index (χ4n) is 8.16. The monoisotopic (exact) mass is 982 g/mol. The fraction of sp³-hybridized carbons (Fsp3) is 0.442. The molecule has 0 amide bonds. The minimum Gasteiger partial charge on any atom is -1.00 e. The molecule has 4 aromatic carbocycles. The van der Waals surface area contributed by atoms with Crippen molar-refractivity contribution in [2.75, 3.05) is 91.0 Å². The highest BCUT2D eigenvalue weighted by Gasteiger charge is 2.39. The fourth-order valence-corrected chi connectivity index (χ4v) is 8.16. The summed E-state index contributed by atoms with van der Waals surface area (Å²) in [6.07, 6.45) is 3.40. The second-order valence-electron chi connectivity index (χ2n) is 15.2. The molecule has 2 aliphatic heterocycles. The van der Waals surface area contributed by atoms with E-state index < -0.39 is 0 Å². The van der Waals surface area contributed by atoms with Gasteiger partial charge in [-0.15, -0.1) is 0 Å². The molecule has 0 aliphatic carbocycles. The van der Waals surface area contributed by atoms with E-state index in [1.54, 1.807) is 49.8 Å². The average Bonchev–Trinajstić information content (AvgIpc) is 3.16. The maximum atomic E-state index is 6.92. The lowest BCUT2D eigenvalue weighted by Crippen LogP contribution is -3.00. The van der Waals surface area contributed by atoms with Crippen LogP contribution in [-0.2, 0) is 25.7 Å². The minimum absolute atomic E-state index is 0. The van der Waals surface area contributed by atoms with Crippen molar-refractivity contribution in [2.24, 2.45) is 0 Å².